The standard InChI is InChI=1S/C48H67N10O13P/c1-30(2)24-37(53-48(65)41-20-15-22-57(41)32(4)60)45(62)52-38(46(63)54-39(28-59)47(64)55-42(44(49)61)31(3)71-72(66,67)68)25-34-26-50-29-56(34)21-13-6-7-14-23-70-51-27-36-35-18-11-12-19-40(35)58(69-5)43(36)33-16-9-8-10-17-33/h8-12,16-19,26-27,29-31,37-39,41-42,59H,6-7,13-15,20-25,28H2,1-5H3,(H2,49,61)(H,52,62)(H,53,65)(H,54,63)(H,55,64)(H2,66,67,68)/b51-27+/t31-,37+,38+,39+,41+,42+/m1/s1. The van der Waals surface area contributed by atoms with Crippen LogP contribution in [0, 0.1) is 5.92 Å². The highest BCUT2D eigenvalue weighted by Crippen LogP contribution is 2.38. The zero-order valence-electron chi connectivity index (χ0n) is 41.1. The molecule has 72 heavy (non-hydrogen) atoms. The number of primary amides is 1. The van der Waals surface area contributed by atoms with Crippen molar-refractivity contribution in [3.63, 3.8) is 0 Å². The first-order chi connectivity index (χ1) is 34.3. The Morgan fingerprint density at radius 1 is 0.903 bits per heavy atom. The van der Waals surface area contributed by atoms with Gasteiger partial charge in [-0.25, -0.2) is 9.55 Å². The van der Waals surface area contributed by atoms with Crippen LogP contribution in [0.25, 0.3) is 22.2 Å². The third-order valence-electron chi connectivity index (χ3n) is 12.1. The fourth-order valence-electron chi connectivity index (χ4n) is 8.58. The minimum Gasteiger partial charge on any atom is -0.416 e. The minimum absolute atomic E-state index is 0.109. The normalized spacial score (nSPS) is 16.0. The number of unbranched alkanes of at least 4 members (excludes halogenated alkanes) is 3. The number of hydrogen-bond acceptors (Lipinski definition) is 13. The number of nitrogens with zero attached hydrogens (tertiary/aromatic N) is 5. The van der Waals surface area contributed by atoms with Gasteiger partial charge in [-0.05, 0) is 57.4 Å². The number of amides is 6. The van der Waals surface area contributed by atoms with Gasteiger partial charge in [-0.2, -0.15) is 4.73 Å². The molecule has 9 N–H and O–H groups in total. The molecule has 3 heterocycles. The summed E-state index contributed by atoms with van der Waals surface area (Å²) < 4.78 is 19.6. The molecule has 0 radical (unpaired) electrons. The Bertz CT molecular complexity index is 2560. The molecule has 1 fully saturated rings. The Morgan fingerprint density at radius 2 is 1.57 bits per heavy atom. The number of phosphoric acid groups is 1. The summed E-state index contributed by atoms with van der Waals surface area (Å²) in [5, 5.41) is 25.5. The molecule has 5 rings (SSSR count). The van der Waals surface area contributed by atoms with Gasteiger partial charge in [-0.3, -0.25) is 33.3 Å². The first-order valence-corrected chi connectivity index (χ1v) is 25.4. The summed E-state index contributed by atoms with van der Waals surface area (Å²) in [4.78, 5) is 115. The van der Waals surface area contributed by atoms with E-state index in [1.807, 2.05) is 73.0 Å². The van der Waals surface area contributed by atoms with Gasteiger partial charge in [-0.1, -0.05) is 74.0 Å². The molecule has 2 aromatic heterocycles. The summed E-state index contributed by atoms with van der Waals surface area (Å²) in [6.45, 7) is 6.35. The smallest absolute Gasteiger partial charge is 0.416 e. The maximum atomic E-state index is 14.1. The number of aliphatic hydroxyl groups excluding tert-OH is 1. The van der Waals surface area contributed by atoms with Crippen molar-refractivity contribution >= 4 is 60.4 Å². The van der Waals surface area contributed by atoms with Crippen LogP contribution >= 0.6 is 7.82 Å². The van der Waals surface area contributed by atoms with Crippen molar-refractivity contribution in [2.24, 2.45) is 16.8 Å². The molecule has 6 amide bonds. The molecule has 24 heteroatoms. The Balaban J connectivity index is 1.24. The van der Waals surface area contributed by atoms with Gasteiger partial charge in [0.1, 0.15) is 43.9 Å². The fourth-order valence-corrected chi connectivity index (χ4v) is 9.14. The van der Waals surface area contributed by atoms with Crippen molar-refractivity contribution in [3.8, 4) is 11.3 Å². The van der Waals surface area contributed by atoms with Crippen LogP contribution in [0.2, 0.25) is 0 Å². The maximum absolute atomic E-state index is 14.1. The monoisotopic (exact) mass is 1020 g/mol. The van der Waals surface area contributed by atoms with E-state index in [0.717, 1.165) is 47.5 Å². The summed E-state index contributed by atoms with van der Waals surface area (Å²) in [6.07, 6.45) is 7.18. The Kier molecular flexibility index (Phi) is 20.9. The number of rotatable bonds is 28. The van der Waals surface area contributed by atoms with Crippen LogP contribution in [0.4, 0.5) is 0 Å². The van der Waals surface area contributed by atoms with E-state index in [1.165, 1.54) is 18.0 Å². The second kappa shape index (κ2) is 26.7. The molecular weight excluding hydrogens is 956 g/mol. The van der Waals surface area contributed by atoms with E-state index in [0.29, 0.717) is 51.1 Å². The second-order valence-corrected chi connectivity index (χ2v) is 19.1. The molecule has 1 aliphatic rings. The maximum Gasteiger partial charge on any atom is 0.469 e. The predicted molar refractivity (Wildman–Crippen MR) is 264 cm³/mol. The van der Waals surface area contributed by atoms with E-state index in [-0.39, 0.29) is 24.7 Å². The molecule has 0 aliphatic carbocycles. The number of para-hydroxylation sites is 1. The first kappa shape index (κ1) is 56.3. The second-order valence-electron chi connectivity index (χ2n) is 17.9. The third kappa shape index (κ3) is 15.7. The highest BCUT2D eigenvalue weighted by atomic mass is 31.2. The zero-order valence-corrected chi connectivity index (χ0v) is 42.0. The van der Waals surface area contributed by atoms with Crippen LogP contribution in [0.1, 0.15) is 83.9 Å². The highest BCUT2D eigenvalue weighted by molar-refractivity contribution is 7.46. The molecule has 4 aromatic rings. The number of phosphoric ester groups is 1. The van der Waals surface area contributed by atoms with Crippen LogP contribution in [-0.4, -0.2) is 139 Å². The van der Waals surface area contributed by atoms with Crippen LogP contribution in [0.3, 0.4) is 0 Å². The minimum atomic E-state index is -5.13. The van der Waals surface area contributed by atoms with Crippen molar-refractivity contribution in [2.75, 3.05) is 26.9 Å². The predicted octanol–water partition coefficient (Wildman–Crippen LogP) is 1.69. The fraction of sp³-hybridized carbons (Fsp3) is 0.500. The Hall–Kier alpha value is -6.65. The van der Waals surface area contributed by atoms with Crippen LogP contribution in [0.5, 0.6) is 0 Å². The zero-order chi connectivity index (χ0) is 52.5. The number of oxime groups is 1. The van der Waals surface area contributed by atoms with Crippen molar-refractivity contribution in [1.29, 1.82) is 0 Å². The van der Waals surface area contributed by atoms with Crippen LogP contribution in [-0.2, 0) is 55.7 Å². The number of hydrogen-bond donors (Lipinski definition) is 8. The SMILES string of the molecule is COn1c(-c2ccccc2)c(/C=N/OCCCCCCn2cncc2C[C@H](NC(=O)[C@H](CC(C)C)NC(=O)[C@@H]2CCCN2C(C)=O)C(=O)N[C@@H](CO)C(=O)N[C@H](C(N)=O)[C@@H](C)OP(=O)(O)O)c2ccccc21. The first-order valence-electron chi connectivity index (χ1n) is 23.8. The number of aromatic nitrogens is 3. The third-order valence-corrected chi connectivity index (χ3v) is 12.7. The van der Waals surface area contributed by atoms with Gasteiger partial charge in [0.05, 0.1) is 36.5 Å². The number of nitrogens with one attached hydrogen (secondary N) is 4. The number of imidazole rings is 1. The topological polar surface area (TPSA) is 320 Å². The largest absolute Gasteiger partial charge is 0.469 e. The number of nitrogens with two attached hydrogens (primary N) is 1. The lowest BCUT2D eigenvalue weighted by Gasteiger charge is -2.28. The lowest BCUT2D eigenvalue weighted by Crippen LogP contribution is -2.61. The van der Waals surface area contributed by atoms with E-state index >= 15 is 0 Å². The van der Waals surface area contributed by atoms with E-state index in [4.69, 9.17) is 15.4 Å². The summed E-state index contributed by atoms with van der Waals surface area (Å²) in [5.41, 5.74) is 9.45. The highest BCUT2D eigenvalue weighted by Gasteiger charge is 2.37. The van der Waals surface area contributed by atoms with Crippen molar-refractivity contribution in [2.45, 2.75) is 122 Å². The molecule has 0 spiro atoms. The number of carbonyl (C=O) groups excluding carboxylic acids is 6. The van der Waals surface area contributed by atoms with Crippen molar-refractivity contribution in [1.82, 2.24) is 40.4 Å². The number of benzene rings is 2. The van der Waals surface area contributed by atoms with Crippen molar-refractivity contribution < 1.29 is 62.4 Å². The number of aryl methyl sites for hydroxylation is 1. The van der Waals surface area contributed by atoms with Gasteiger partial charge in [0.15, 0.2) is 0 Å². The van der Waals surface area contributed by atoms with Crippen LogP contribution < -0.4 is 31.8 Å². The van der Waals surface area contributed by atoms with Gasteiger partial charge >= 0.3 is 7.82 Å². The molecule has 2 aromatic carbocycles. The number of aliphatic hydroxyl groups is 1. The molecule has 392 valence electrons. The molecule has 23 nitrogen and oxygen atoms in total. The molecule has 0 bridgehead atoms. The van der Waals surface area contributed by atoms with Crippen molar-refractivity contribution in [3.05, 3.63) is 78.4 Å². The van der Waals surface area contributed by atoms with E-state index < -0.39 is 80.3 Å². The summed E-state index contributed by atoms with van der Waals surface area (Å²) in [6, 6.07) is 10.8. The average Bonchev–Trinajstić information content (AvgIpc) is 4.09. The molecular formula is C48H67N10O13P. The average molecular weight is 1020 g/mol. The Labute approximate surface area is 417 Å². The lowest BCUT2D eigenvalue weighted by atomic mass is 10.0. The Morgan fingerprint density at radius 3 is 2.24 bits per heavy atom. The van der Waals surface area contributed by atoms with Gasteiger partial charge in [0.2, 0.25) is 35.4 Å². The lowest BCUT2D eigenvalue weighted by molar-refractivity contribution is -0.139. The molecule has 0 saturated carbocycles. The van der Waals surface area contributed by atoms with Crippen LogP contribution in [0.15, 0.2) is 72.3 Å². The summed E-state index contributed by atoms with van der Waals surface area (Å²) in [5.74, 6) is -4.98. The number of carbonyl (C=O) groups is 6. The van der Waals surface area contributed by atoms with Gasteiger partial charge < -0.3 is 61.0 Å². The molecule has 0 unspecified atom stereocenters. The number of fused-ring (bicyclic) bond motifs is 1. The molecule has 6 atom stereocenters. The summed E-state index contributed by atoms with van der Waals surface area (Å²) in [7, 11) is -3.52. The number of likely N-dealkylation sites (tertiary alicyclic amines) is 1. The molecule has 1 saturated heterocycles. The van der Waals surface area contributed by atoms with Gasteiger partial charge in [0.25, 0.3) is 0 Å². The van der Waals surface area contributed by atoms with Gasteiger partial charge in [0, 0.05) is 54.8 Å². The quantitative estimate of drug-likeness (QED) is 0.0174. The summed E-state index contributed by atoms with van der Waals surface area (Å²) >= 11 is 0. The van der Waals surface area contributed by atoms with E-state index in [9.17, 15) is 48.2 Å². The molecule has 1 aliphatic heterocycles. The van der Waals surface area contributed by atoms with E-state index in [2.05, 4.69) is 35.9 Å². The van der Waals surface area contributed by atoms with E-state index in [1.54, 1.807) is 24.4 Å². The van der Waals surface area contributed by atoms with Gasteiger partial charge in [-0.15, -0.1) is 0 Å².